The highest BCUT2D eigenvalue weighted by Crippen LogP contribution is 2.32. The largest absolute Gasteiger partial charge is 0.359 e. The van der Waals surface area contributed by atoms with Gasteiger partial charge in [-0.2, -0.15) is 10.2 Å². The molecule has 7 nitrogen and oxygen atoms in total. The molecule has 0 aliphatic rings. The van der Waals surface area contributed by atoms with Crippen molar-refractivity contribution in [1.82, 2.24) is 31.0 Å². The second-order valence-corrected chi connectivity index (χ2v) is 11.4. The van der Waals surface area contributed by atoms with Crippen molar-refractivity contribution in [2.45, 2.75) is 24.7 Å². The van der Waals surface area contributed by atoms with Gasteiger partial charge in [0.05, 0.1) is 12.4 Å². The maximum absolute atomic E-state index is 13.6. The third-order valence-corrected chi connectivity index (χ3v) is 8.33. The van der Waals surface area contributed by atoms with Crippen LogP contribution in [0.5, 0.6) is 0 Å². The summed E-state index contributed by atoms with van der Waals surface area (Å²) >= 11 is 0. The quantitative estimate of drug-likeness (QED) is 0.106. The fourth-order valence-corrected chi connectivity index (χ4v) is 5.62. The van der Waals surface area contributed by atoms with Crippen LogP contribution in [0.15, 0.2) is 110 Å². The van der Waals surface area contributed by atoms with Crippen molar-refractivity contribution in [3.05, 3.63) is 155 Å². The maximum atomic E-state index is 13.6. The predicted octanol–water partition coefficient (Wildman–Crippen LogP) is 7.72. The van der Waals surface area contributed by atoms with Crippen molar-refractivity contribution < 1.29 is 22.4 Å². The Hall–Kier alpha value is -5.55. The van der Waals surface area contributed by atoms with Gasteiger partial charge in [-0.25, -0.2) is 17.6 Å². The lowest BCUT2D eigenvalue weighted by Crippen LogP contribution is -2.21. The molecule has 49 heavy (non-hydrogen) atoms. The van der Waals surface area contributed by atoms with Crippen LogP contribution in [0.3, 0.4) is 0 Å². The van der Waals surface area contributed by atoms with Crippen molar-refractivity contribution in [2.24, 2.45) is 0 Å². The number of hydrogen-bond donors (Lipinski definition) is 4. The van der Waals surface area contributed by atoms with Gasteiger partial charge in [0, 0.05) is 48.8 Å². The predicted molar refractivity (Wildman–Crippen MR) is 182 cm³/mol. The SMILES string of the molecule is CNC(=O)CC(c1ccc(-c2cn[nH]c2)cc1)c1ccc(F)c(F)c1.CNCCC(c1ccc(-c2cn[nH]c2)cc1)c1ccc(F)c(F)c1. The average molecular weight is 669 g/mol. The molecule has 0 radical (unpaired) electrons. The highest BCUT2D eigenvalue weighted by molar-refractivity contribution is 5.77. The van der Waals surface area contributed by atoms with E-state index in [2.05, 4.69) is 31.0 Å². The van der Waals surface area contributed by atoms with Crippen molar-refractivity contribution in [2.75, 3.05) is 20.6 Å². The van der Waals surface area contributed by atoms with E-state index in [1.807, 2.05) is 61.8 Å². The molecule has 4 aromatic carbocycles. The number of halogens is 4. The van der Waals surface area contributed by atoms with Gasteiger partial charge in [-0.15, -0.1) is 0 Å². The minimum Gasteiger partial charge on any atom is -0.359 e. The molecule has 0 bridgehead atoms. The van der Waals surface area contributed by atoms with Crippen molar-refractivity contribution in [3.8, 4) is 22.3 Å². The number of nitrogens with zero attached hydrogens (tertiary/aromatic N) is 2. The van der Waals surface area contributed by atoms with Crippen LogP contribution in [0.4, 0.5) is 17.6 Å². The summed E-state index contributed by atoms with van der Waals surface area (Å²) in [6.07, 6.45) is 8.05. The van der Waals surface area contributed by atoms with Crippen LogP contribution in [0.1, 0.15) is 46.9 Å². The van der Waals surface area contributed by atoms with E-state index in [1.54, 1.807) is 31.7 Å². The minimum absolute atomic E-state index is 0.00551. The number of benzene rings is 4. The Morgan fingerprint density at radius 1 is 0.612 bits per heavy atom. The molecule has 0 fully saturated rings. The van der Waals surface area contributed by atoms with Gasteiger partial charge in [0.25, 0.3) is 0 Å². The molecule has 6 rings (SSSR count). The van der Waals surface area contributed by atoms with Crippen LogP contribution in [0, 0.1) is 23.3 Å². The number of carbonyl (C=O) groups excluding carboxylic acids is 1. The number of amides is 1. The molecule has 2 atom stereocenters. The van der Waals surface area contributed by atoms with E-state index >= 15 is 0 Å². The highest BCUT2D eigenvalue weighted by Gasteiger charge is 2.20. The molecule has 0 aliphatic carbocycles. The van der Waals surface area contributed by atoms with Gasteiger partial charge in [-0.1, -0.05) is 60.7 Å². The van der Waals surface area contributed by atoms with Crippen molar-refractivity contribution in [1.29, 1.82) is 0 Å². The normalized spacial score (nSPS) is 12.1. The Morgan fingerprint density at radius 2 is 1.06 bits per heavy atom. The van der Waals surface area contributed by atoms with Crippen LogP contribution in [-0.2, 0) is 4.79 Å². The summed E-state index contributed by atoms with van der Waals surface area (Å²) < 4.78 is 53.7. The Balaban J connectivity index is 0.000000191. The molecule has 2 heterocycles. The molecule has 11 heteroatoms. The molecule has 0 aliphatic heterocycles. The molecule has 0 saturated carbocycles. The fraction of sp³-hybridized carbons (Fsp3) is 0.184. The smallest absolute Gasteiger partial charge is 0.220 e. The zero-order valence-electron chi connectivity index (χ0n) is 27.0. The summed E-state index contributed by atoms with van der Waals surface area (Å²) in [5, 5.41) is 19.1. The monoisotopic (exact) mass is 668 g/mol. The van der Waals surface area contributed by atoms with Gasteiger partial charge in [0.1, 0.15) is 0 Å². The third kappa shape index (κ3) is 8.88. The molecule has 2 unspecified atom stereocenters. The van der Waals surface area contributed by atoms with Crippen LogP contribution in [-0.4, -0.2) is 46.9 Å². The number of aromatic amines is 2. The standard InChI is InChI=1S/C19H17F2N3O.C19H19F2N3/c1-22-19(25)9-16(14-6-7-17(20)18(21)8-14)13-4-2-12(3-5-13)15-10-23-24-11-15;1-22-9-8-17(15-6-7-18(20)19(21)10-15)14-4-2-13(3-5-14)16-11-23-24-12-16/h2-8,10-11,16H,9H2,1H3,(H,22,25)(H,23,24);2-7,10-12,17,22H,8-9H2,1H3,(H,23,24). The number of aromatic nitrogens is 4. The lowest BCUT2D eigenvalue weighted by atomic mass is 9.87. The molecular formula is C38H36F4N6O. The molecule has 1 amide bonds. The van der Waals surface area contributed by atoms with Crippen molar-refractivity contribution in [3.63, 3.8) is 0 Å². The number of nitrogens with one attached hydrogen (secondary N) is 4. The van der Waals surface area contributed by atoms with E-state index in [1.165, 1.54) is 18.2 Å². The summed E-state index contributed by atoms with van der Waals surface area (Å²) in [6.45, 7) is 0.785. The maximum Gasteiger partial charge on any atom is 0.220 e. The molecular weight excluding hydrogens is 632 g/mol. The summed E-state index contributed by atoms with van der Waals surface area (Å²) in [7, 11) is 3.43. The summed E-state index contributed by atoms with van der Waals surface area (Å²) in [5.74, 6) is -3.99. The number of carbonyl (C=O) groups is 1. The fourth-order valence-electron chi connectivity index (χ4n) is 5.62. The summed E-state index contributed by atoms with van der Waals surface area (Å²) in [5.41, 5.74) is 7.25. The molecule has 0 saturated heterocycles. The van der Waals surface area contributed by atoms with Gasteiger partial charge >= 0.3 is 0 Å². The first kappa shape index (κ1) is 34.8. The number of H-pyrrole nitrogens is 2. The van der Waals surface area contributed by atoms with Crippen LogP contribution in [0.2, 0.25) is 0 Å². The first-order chi connectivity index (χ1) is 23.8. The van der Waals surface area contributed by atoms with Gasteiger partial charge in [0.2, 0.25) is 5.91 Å². The second-order valence-electron chi connectivity index (χ2n) is 11.4. The zero-order valence-corrected chi connectivity index (χ0v) is 27.0. The first-order valence-corrected chi connectivity index (χ1v) is 15.7. The molecule has 252 valence electrons. The lowest BCUT2D eigenvalue weighted by molar-refractivity contribution is -0.120. The van der Waals surface area contributed by atoms with Gasteiger partial charge in [0.15, 0.2) is 23.3 Å². The summed E-state index contributed by atoms with van der Waals surface area (Å²) in [4.78, 5) is 11.9. The number of hydrogen-bond acceptors (Lipinski definition) is 4. The molecule has 4 N–H and O–H groups in total. The van der Waals surface area contributed by atoms with E-state index in [0.29, 0.717) is 5.56 Å². The first-order valence-electron chi connectivity index (χ1n) is 15.7. The average Bonchev–Trinajstić information content (AvgIpc) is 3.87. The zero-order chi connectivity index (χ0) is 34.8. The van der Waals surface area contributed by atoms with E-state index in [9.17, 15) is 22.4 Å². The number of rotatable bonds is 11. The van der Waals surface area contributed by atoms with E-state index < -0.39 is 23.3 Å². The molecule has 2 aromatic heterocycles. The topological polar surface area (TPSA) is 98.5 Å². The van der Waals surface area contributed by atoms with Crippen LogP contribution in [0.25, 0.3) is 22.3 Å². The molecule has 0 spiro atoms. The van der Waals surface area contributed by atoms with Crippen LogP contribution < -0.4 is 10.6 Å². The highest BCUT2D eigenvalue weighted by atomic mass is 19.2. The second kappa shape index (κ2) is 16.5. The van der Waals surface area contributed by atoms with E-state index in [-0.39, 0.29) is 24.2 Å². The Bertz CT molecular complexity index is 1930. The van der Waals surface area contributed by atoms with Gasteiger partial charge in [-0.05, 0) is 77.7 Å². The summed E-state index contributed by atoms with van der Waals surface area (Å²) in [6, 6.07) is 23.6. The van der Waals surface area contributed by atoms with Crippen molar-refractivity contribution >= 4 is 5.91 Å². The van der Waals surface area contributed by atoms with Gasteiger partial charge in [-0.3, -0.25) is 15.0 Å². The Labute approximate surface area is 281 Å². The van der Waals surface area contributed by atoms with Gasteiger partial charge < -0.3 is 10.6 Å². The van der Waals surface area contributed by atoms with E-state index in [0.717, 1.165) is 64.0 Å². The molecule has 6 aromatic rings. The Morgan fingerprint density at radius 3 is 1.47 bits per heavy atom. The Kier molecular flexibility index (Phi) is 11.7. The van der Waals surface area contributed by atoms with Crippen LogP contribution >= 0.6 is 0 Å². The van der Waals surface area contributed by atoms with E-state index in [4.69, 9.17) is 0 Å². The lowest BCUT2D eigenvalue weighted by Gasteiger charge is -2.18. The third-order valence-electron chi connectivity index (χ3n) is 8.33. The minimum atomic E-state index is -0.922.